The van der Waals surface area contributed by atoms with E-state index in [0.29, 0.717) is 0 Å². The zero-order valence-electron chi connectivity index (χ0n) is 3.38. The van der Waals surface area contributed by atoms with E-state index in [1.165, 1.54) is 0 Å². The third-order valence-corrected chi connectivity index (χ3v) is 4.84. The summed E-state index contributed by atoms with van der Waals surface area (Å²) in [5.74, 6) is 0. The lowest BCUT2D eigenvalue weighted by molar-refractivity contribution is 0.479. The smallest absolute Gasteiger partial charge is 0.265 e. The second kappa shape index (κ2) is 2.59. The number of rotatable bonds is 0. The van der Waals surface area contributed by atoms with Gasteiger partial charge in [0, 0.05) is 0 Å². The Morgan fingerprint density at radius 2 is 1.38 bits per heavy atom. The second-order valence-electron chi connectivity index (χ2n) is 1.01. The molecule has 0 aromatic heterocycles. The molecule has 0 aliphatic rings. The molecule has 0 rings (SSSR count). The van der Waals surface area contributed by atoms with E-state index in [4.69, 9.17) is 44.6 Å². The van der Waals surface area contributed by atoms with Gasteiger partial charge in [-0.15, -0.1) is 0 Å². The van der Waals surface area contributed by atoms with Crippen LogP contribution in [-0.2, 0) is 11.8 Å². The van der Waals surface area contributed by atoms with E-state index in [2.05, 4.69) is 11.8 Å². The van der Waals surface area contributed by atoms with E-state index < -0.39 is 10.0 Å². The molecule has 2 N–H and O–H groups in total. The normalized spacial score (nSPS) is 14.1. The first-order valence-electron chi connectivity index (χ1n) is 1.37. The van der Waals surface area contributed by atoms with Crippen molar-refractivity contribution in [1.82, 2.24) is 0 Å². The van der Waals surface area contributed by atoms with Crippen LogP contribution in [0.5, 0.6) is 0 Å². The molecule has 0 aromatic carbocycles. The fraction of sp³-hybridized carbons (Fsp3) is 1.00. The zero-order valence-corrected chi connectivity index (χ0v) is 7.36. The summed E-state index contributed by atoms with van der Waals surface area (Å²) < 4.78 is -2.11. The molecule has 0 spiro atoms. The monoisotopic (exact) mass is 214 g/mol. The van der Waals surface area contributed by atoms with Crippen LogP contribution in [0.25, 0.3) is 0 Å². The van der Waals surface area contributed by atoms with Gasteiger partial charge >= 0.3 is 0 Å². The average molecular weight is 215 g/mol. The number of hydrogen-bond donors (Lipinski definition) is 2. The van der Waals surface area contributed by atoms with Gasteiger partial charge in [-0.25, -0.2) is 0 Å². The molecule has 0 aliphatic heterocycles. The zero-order chi connectivity index (χ0) is 7.00. The fourth-order valence-electron chi connectivity index (χ4n) is 0. The molecule has 8 heavy (non-hydrogen) atoms. The quantitative estimate of drug-likeness (QED) is 0.476. The van der Waals surface area contributed by atoms with Crippen LogP contribution in [0.15, 0.2) is 0 Å². The molecule has 0 aromatic rings. The molecule has 0 radical (unpaired) electrons. The lowest BCUT2D eigenvalue weighted by Crippen LogP contribution is -2.00. The third kappa shape index (κ3) is 2.83. The SMILES string of the molecule is OP(O)(=S)C(Cl)(Cl)Cl. The van der Waals surface area contributed by atoms with Crippen molar-refractivity contribution < 1.29 is 9.79 Å². The molecule has 0 saturated carbocycles. The highest BCUT2D eigenvalue weighted by molar-refractivity contribution is 8.11. The molecule has 0 atom stereocenters. The van der Waals surface area contributed by atoms with Gasteiger partial charge in [0.25, 0.3) is 3.53 Å². The van der Waals surface area contributed by atoms with Crippen molar-refractivity contribution in [2.75, 3.05) is 0 Å². The molecule has 0 saturated heterocycles. The summed E-state index contributed by atoms with van der Waals surface area (Å²) in [7, 11) is 0. The van der Waals surface area contributed by atoms with E-state index in [-0.39, 0.29) is 0 Å². The molecule has 50 valence electrons. The third-order valence-electron chi connectivity index (χ3n) is 0.330. The lowest BCUT2D eigenvalue weighted by Gasteiger charge is -2.15. The van der Waals surface area contributed by atoms with Gasteiger partial charge in [0.05, 0.1) is 0 Å². The minimum Gasteiger partial charge on any atom is -0.342 e. The summed E-state index contributed by atoms with van der Waals surface area (Å²) in [5, 5.41) is 0. The standard InChI is InChI=1S/CH2Cl3O2PS/c2-1(3,4)7(5,6)8/h(H2,5,6,8). The summed E-state index contributed by atoms with van der Waals surface area (Å²) in [6, 6.07) is 0. The Bertz CT molecular complexity index is 124. The maximum atomic E-state index is 8.44. The molecule has 0 aliphatic carbocycles. The summed E-state index contributed by atoms with van der Waals surface area (Å²) in [5.41, 5.74) is 0. The average Bonchev–Trinajstić information content (AvgIpc) is 1.25. The van der Waals surface area contributed by atoms with Gasteiger partial charge < -0.3 is 9.79 Å². The highest BCUT2D eigenvalue weighted by Crippen LogP contribution is 2.59. The van der Waals surface area contributed by atoms with Crippen LogP contribution in [-0.4, -0.2) is 13.3 Å². The van der Waals surface area contributed by atoms with Gasteiger partial charge in [-0.1, -0.05) is 34.8 Å². The van der Waals surface area contributed by atoms with E-state index in [0.717, 1.165) is 0 Å². The number of halogens is 3. The van der Waals surface area contributed by atoms with Crippen LogP contribution in [0.2, 0.25) is 0 Å². The van der Waals surface area contributed by atoms with Crippen molar-refractivity contribution in [3.63, 3.8) is 0 Å². The van der Waals surface area contributed by atoms with Crippen molar-refractivity contribution in [3.8, 4) is 0 Å². The molecule has 0 unspecified atom stereocenters. The van der Waals surface area contributed by atoms with E-state index in [1.54, 1.807) is 0 Å². The van der Waals surface area contributed by atoms with Crippen LogP contribution in [0.3, 0.4) is 0 Å². The first kappa shape index (κ1) is 9.44. The second-order valence-corrected chi connectivity index (χ2v) is 7.37. The van der Waals surface area contributed by atoms with Gasteiger partial charge in [-0.3, -0.25) is 0 Å². The molecular formula is CH2Cl3O2PS. The van der Waals surface area contributed by atoms with Gasteiger partial charge in [-0.05, 0) is 11.8 Å². The van der Waals surface area contributed by atoms with Crippen LogP contribution in [0.4, 0.5) is 0 Å². The van der Waals surface area contributed by atoms with Gasteiger partial charge in [0.15, 0.2) is 0 Å². The summed E-state index contributed by atoms with van der Waals surface area (Å²) >= 11 is 19.0. The molecular weight excluding hydrogens is 213 g/mol. The van der Waals surface area contributed by atoms with Crippen molar-refractivity contribution in [2.45, 2.75) is 3.53 Å². The first-order chi connectivity index (χ1) is 3.25. The fourth-order valence-corrected chi connectivity index (χ4v) is 0. The summed E-state index contributed by atoms with van der Waals surface area (Å²) in [4.78, 5) is 16.9. The molecule has 2 nitrogen and oxygen atoms in total. The van der Waals surface area contributed by atoms with E-state index >= 15 is 0 Å². The van der Waals surface area contributed by atoms with Crippen molar-refractivity contribution in [3.05, 3.63) is 0 Å². The maximum Gasteiger partial charge on any atom is 0.265 e. The molecule has 0 fully saturated rings. The Balaban J connectivity index is 4.26. The Morgan fingerprint density at radius 3 is 1.38 bits per heavy atom. The van der Waals surface area contributed by atoms with Crippen LogP contribution < -0.4 is 0 Å². The van der Waals surface area contributed by atoms with Gasteiger partial charge in [0.1, 0.15) is 0 Å². The molecule has 0 amide bonds. The van der Waals surface area contributed by atoms with Crippen molar-refractivity contribution >= 4 is 53.1 Å². The maximum absolute atomic E-state index is 8.44. The predicted octanol–water partition coefficient (Wildman–Crippen LogP) is 1.61. The van der Waals surface area contributed by atoms with Crippen molar-refractivity contribution in [1.29, 1.82) is 0 Å². The van der Waals surface area contributed by atoms with E-state index in [9.17, 15) is 0 Å². The predicted molar refractivity (Wildman–Crippen MR) is 39.0 cm³/mol. The Morgan fingerprint density at radius 1 is 1.25 bits per heavy atom. The van der Waals surface area contributed by atoms with Crippen LogP contribution >= 0.6 is 41.3 Å². The summed E-state index contributed by atoms with van der Waals surface area (Å²) in [6.07, 6.45) is 0. The highest BCUT2D eigenvalue weighted by Gasteiger charge is 2.36. The highest BCUT2D eigenvalue weighted by atomic mass is 35.6. The molecule has 0 bridgehead atoms. The van der Waals surface area contributed by atoms with Gasteiger partial charge in [0.2, 0.25) is 6.49 Å². The largest absolute Gasteiger partial charge is 0.342 e. The van der Waals surface area contributed by atoms with E-state index in [1.807, 2.05) is 0 Å². The van der Waals surface area contributed by atoms with Gasteiger partial charge in [-0.2, -0.15) is 0 Å². The Kier molecular flexibility index (Phi) is 3.05. The Hall–Kier alpha value is 1.44. The summed E-state index contributed by atoms with van der Waals surface area (Å²) in [6.45, 7) is -3.72. The van der Waals surface area contributed by atoms with Crippen LogP contribution in [0, 0.1) is 0 Å². The minimum atomic E-state index is -3.72. The number of hydrogen-bond acceptors (Lipinski definition) is 1. The Labute approximate surface area is 66.5 Å². The molecule has 7 heteroatoms. The van der Waals surface area contributed by atoms with Crippen LogP contribution in [0.1, 0.15) is 0 Å². The lowest BCUT2D eigenvalue weighted by atomic mass is 11.8. The molecule has 0 heterocycles. The minimum absolute atomic E-state index is 2.11. The first-order valence-corrected chi connectivity index (χ1v) is 5.21. The topological polar surface area (TPSA) is 40.5 Å². The number of alkyl halides is 3. The van der Waals surface area contributed by atoms with Crippen molar-refractivity contribution in [2.24, 2.45) is 0 Å².